The van der Waals surface area contributed by atoms with E-state index >= 15 is 0 Å². The van der Waals surface area contributed by atoms with E-state index in [1.165, 1.54) is 0 Å². The minimum atomic E-state index is -2.06. The summed E-state index contributed by atoms with van der Waals surface area (Å²) in [5.41, 5.74) is 4.53. The van der Waals surface area contributed by atoms with E-state index in [4.69, 9.17) is 9.16 Å². The molecule has 0 saturated carbocycles. The molecule has 3 rings (SSSR count). The van der Waals surface area contributed by atoms with E-state index in [0.29, 0.717) is 55.0 Å². The zero-order chi connectivity index (χ0) is 27.5. The number of aliphatic hydroxyl groups excluding tert-OH is 1. The molecule has 0 aliphatic carbocycles. The number of aromatic nitrogens is 1. The van der Waals surface area contributed by atoms with Gasteiger partial charge in [0.05, 0.1) is 18.8 Å². The molecular formula is C30H48N2O4Si. The van der Waals surface area contributed by atoms with Crippen molar-refractivity contribution in [3.63, 3.8) is 0 Å². The molecule has 0 radical (unpaired) electrons. The standard InChI is InChI=1S/C30H48N2O4Si/c1-20(2)37(21(3)4,22(5)6)36-28-17-23(7)26(16-24(28)8)27(33)19-32-14-12-30(34,13-15-32)25-10-11-29(35-9)31-18-25/h10-11,16-18,20-22,27,33-34H,12-15,19H2,1-9H3. The summed E-state index contributed by atoms with van der Waals surface area (Å²) in [7, 11) is -0.470. The fourth-order valence-electron chi connectivity index (χ4n) is 6.34. The lowest BCUT2D eigenvalue weighted by Gasteiger charge is -2.42. The Balaban J connectivity index is 1.70. The van der Waals surface area contributed by atoms with E-state index in [1.807, 2.05) is 6.07 Å². The molecule has 0 bridgehead atoms. The molecule has 2 aromatic rings. The highest BCUT2D eigenvalue weighted by Gasteiger charge is 2.47. The van der Waals surface area contributed by atoms with E-state index in [2.05, 4.69) is 77.4 Å². The van der Waals surface area contributed by atoms with E-state index < -0.39 is 20.0 Å². The minimum Gasteiger partial charge on any atom is -0.543 e. The summed E-state index contributed by atoms with van der Waals surface area (Å²) in [5.74, 6) is 1.51. The van der Waals surface area contributed by atoms with Crippen molar-refractivity contribution < 1.29 is 19.4 Å². The first-order chi connectivity index (χ1) is 17.3. The number of hydrogen-bond donors (Lipinski definition) is 2. The maximum Gasteiger partial charge on any atom is 0.258 e. The summed E-state index contributed by atoms with van der Waals surface area (Å²) < 4.78 is 12.1. The topological polar surface area (TPSA) is 75.1 Å². The summed E-state index contributed by atoms with van der Waals surface area (Å²) in [6.07, 6.45) is 2.31. The summed E-state index contributed by atoms with van der Waals surface area (Å²) in [6.45, 7) is 19.9. The number of likely N-dealkylation sites (tertiary alicyclic amines) is 1. The number of hydrogen-bond acceptors (Lipinski definition) is 6. The highest BCUT2D eigenvalue weighted by Crippen LogP contribution is 2.44. The molecule has 1 aliphatic rings. The fraction of sp³-hybridized carbons (Fsp3) is 0.633. The molecule has 0 amide bonds. The monoisotopic (exact) mass is 528 g/mol. The van der Waals surface area contributed by atoms with Crippen molar-refractivity contribution in [2.45, 2.75) is 96.6 Å². The molecule has 1 saturated heterocycles. The lowest BCUT2D eigenvalue weighted by Crippen LogP contribution is -2.50. The molecule has 2 N–H and O–H groups in total. The highest BCUT2D eigenvalue weighted by atomic mass is 28.4. The van der Waals surface area contributed by atoms with E-state index in [1.54, 1.807) is 19.4 Å². The molecule has 6 nitrogen and oxygen atoms in total. The molecule has 0 spiro atoms. The summed E-state index contributed by atoms with van der Waals surface area (Å²) in [4.78, 5) is 6.50. The third-order valence-electron chi connectivity index (χ3n) is 8.51. The van der Waals surface area contributed by atoms with Crippen LogP contribution in [0.3, 0.4) is 0 Å². The average molecular weight is 529 g/mol. The molecular weight excluding hydrogens is 480 g/mol. The average Bonchev–Trinajstić information content (AvgIpc) is 2.85. The van der Waals surface area contributed by atoms with Crippen molar-refractivity contribution in [1.82, 2.24) is 9.88 Å². The van der Waals surface area contributed by atoms with Crippen molar-refractivity contribution in [2.24, 2.45) is 0 Å². The van der Waals surface area contributed by atoms with Gasteiger partial charge in [0.2, 0.25) is 5.88 Å². The van der Waals surface area contributed by atoms with Gasteiger partial charge in [-0.15, -0.1) is 0 Å². The maximum absolute atomic E-state index is 11.2. The molecule has 37 heavy (non-hydrogen) atoms. The first-order valence-electron chi connectivity index (χ1n) is 13.8. The second-order valence-electron chi connectivity index (χ2n) is 11.8. The number of methoxy groups -OCH3 is 1. The van der Waals surface area contributed by atoms with Crippen molar-refractivity contribution in [2.75, 3.05) is 26.7 Å². The molecule has 1 aromatic carbocycles. The molecule has 1 aliphatic heterocycles. The van der Waals surface area contributed by atoms with Crippen LogP contribution in [0.25, 0.3) is 0 Å². The third kappa shape index (κ3) is 6.22. The van der Waals surface area contributed by atoms with Crippen LogP contribution in [0.15, 0.2) is 30.5 Å². The van der Waals surface area contributed by atoms with Gasteiger partial charge in [-0.3, -0.25) is 0 Å². The van der Waals surface area contributed by atoms with Crippen LogP contribution in [0.2, 0.25) is 16.6 Å². The molecule has 1 atom stereocenters. The number of benzene rings is 1. The van der Waals surface area contributed by atoms with Crippen LogP contribution in [0, 0.1) is 13.8 Å². The zero-order valence-electron chi connectivity index (χ0n) is 24.3. The number of pyridine rings is 1. The second-order valence-corrected chi connectivity index (χ2v) is 17.2. The first kappa shape index (κ1) is 29.6. The zero-order valence-corrected chi connectivity index (χ0v) is 25.3. The summed E-state index contributed by atoms with van der Waals surface area (Å²) >= 11 is 0. The molecule has 1 fully saturated rings. The van der Waals surface area contributed by atoms with Crippen molar-refractivity contribution in [3.8, 4) is 11.6 Å². The second kappa shape index (κ2) is 11.8. The van der Waals surface area contributed by atoms with E-state index in [0.717, 1.165) is 28.0 Å². The quantitative estimate of drug-likeness (QED) is 0.354. The lowest BCUT2D eigenvalue weighted by molar-refractivity contribution is -0.0347. The van der Waals surface area contributed by atoms with Gasteiger partial charge >= 0.3 is 0 Å². The van der Waals surface area contributed by atoms with Crippen molar-refractivity contribution >= 4 is 8.32 Å². The third-order valence-corrected chi connectivity index (χ3v) is 14.5. The molecule has 206 valence electrons. The van der Waals surface area contributed by atoms with Crippen LogP contribution >= 0.6 is 0 Å². The van der Waals surface area contributed by atoms with E-state index in [9.17, 15) is 10.2 Å². The summed E-state index contributed by atoms with van der Waals surface area (Å²) in [5, 5.41) is 22.4. The van der Waals surface area contributed by atoms with Crippen LogP contribution in [-0.4, -0.2) is 55.2 Å². The molecule has 7 heteroatoms. The summed E-state index contributed by atoms with van der Waals surface area (Å²) in [6, 6.07) is 7.92. The Morgan fingerprint density at radius 2 is 1.57 bits per heavy atom. The van der Waals surface area contributed by atoms with Crippen LogP contribution in [0.1, 0.15) is 82.7 Å². The number of aryl methyl sites for hydroxylation is 2. The minimum absolute atomic E-state index is 0.504. The van der Waals surface area contributed by atoms with Crippen molar-refractivity contribution in [1.29, 1.82) is 0 Å². The smallest absolute Gasteiger partial charge is 0.258 e. The molecule has 2 heterocycles. The van der Waals surface area contributed by atoms with Gasteiger partial charge in [-0.2, -0.15) is 0 Å². The predicted molar refractivity (Wildman–Crippen MR) is 153 cm³/mol. The van der Waals surface area contributed by atoms with Gasteiger partial charge in [0, 0.05) is 37.5 Å². The largest absolute Gasteiger partial charge is 0.543 e. The number of nitrogens with zero attached hydrogens (tertiary/aromatic N) is 2. The van der Waals surface area contributed by atoms with Crippen LogP contribution in [0.5, 0.6) is 11.6 Å². The number of aliphatic hydroxyl groups is 2. The van der Waals surface area contributed by atoms with Gasteiger partial charge < -0.3 is 24.3 Å². The van der Waals surface area contributed by atoms with Gasteiger partial charge in [0.25, 0.3) is 8.32 Å². The van der Waals surface area contributed by atoms with Gasteiger partial charge in [-0.1, -0.05) is 41.5 Å². The Hall–Kier alpha value is -1.93. The fourth-order valence-corrected chi connectivity index (χ4v) is 11.6. The van der Waals surface area contributed by atoms with Crippen LogP contribution < -0.4 is 9.16 Å². The Bertz CT molecular complexity index is 1010. The Morgan fingerprint density at radius 1 is 0.973 bits per heavy atom. The van der Waals surface area contributed by atoms with Gasteiger partial charge in [0.15, 0.2) is 0 Å². The van der Waals surface area contributed by atoms with Crippen LogP contribution in [-0.2, 0) is 5.60 Å². The molecule has 1 unspecified atom stereocenters. The van der Waals surface area contributed by atoms with Gasteiger partial charge in [-0.25, -0.2) is 4.98 Å². The van der Waals surface area contributed by atoms with E-state index in [-0.39, 0.29) is 0 Å². The Kier molecular flexibility index (Phi) is 9.49. The predicted octanol–water partition coefficient (Wildman–Crippen LogP) is 6.28. The Labute approximate surface area is 225 Å². The number of ether oxygens (including phenoxy) is 1. The van der Waals surface area contributed by atoms with Gasteiger partial charge in [-0.05, 0) is 78.2 Å². The lowest BCUT2D eigenvalue weighted by atomic mass is 9.85. The van der Waals surface area contributed by atoms with Crippen LogP contribution in [0.4, 0.5) is 0 Å². The molecule has 1 aromatic heterocycles. The number of rotatable bonds is 10. The maximum atomic E-state index is 11.2. The normalized spacial score (nSPS) is 17.5. The number of β-amino-alcohol motifs (C(OH)–C–C–N with tert-alkyl or cyclic N) is 1. The first-order valence-corrected chi connectivity index (χ1v) is 15.9. The SMILES string of the molecule is COc1ccc(C2(O)CCN(CC(O)c3cc(C)c(O[Si](C(C)C)(C(C)C)C(C)C)cc3C)CC2)cn1. The highest BCUT2D eigenvalue weighted by molar-refractivity contribution is 6.78. The number of piperidine rings is 1. The van der Waals surface area contributed by atoms with Crippen molar-refractivity contribution in [3.05, 3.63) is 52.7 Å². The Morgan fingerprint density at radius 3 is 2.05 bits per heavy atom. The van der Waals surface area contributed by atoms with Gasteiger partial charge in [0.1, 0.15) is 5.75 Å².